The van der Waals surface area contributed by atoms with E-state index >= 15 is 8.78 Å². The van der Waals surface area contributed by atoms with Gasteiger partial charge in [0.25, 0.3) is 0 Å². The molecule has 6 nitrogen and oxygen atoms in total. The Hall–Kier alpha value is -3.33. The minimum absolute atomic E-state index is 0.159. The highest BCUT2D eigenvalue weighted by Crippen LogP contribution is 2.49. The van der Waals surface area contributed by atoms with Gasteiger partial charge < -0.3 is 14.4 Å². The van der Waals surface area contributed by atoms with E-state index in [4.69, 9.17) is 4.74 Å². The predicted octanol–water partition coefficient (Wildman–Crippen LogP) is 6.47. The van der Waals surface area contributed by atoms with Crippen LogP contribution in [0.5, 0.6) is 0 Å². The summed E-state index contributed by atoms with van der Waals surface area (Å²) in [6.45, 7) is 5.97. The van der Waals surface area contributed by atoms with Crippen molar-refractivity contribution in [1.29, 1.82) is 0 Å². The maximum Gasteiger partial charge on any atom is 0.341 e. The first-order chi connectivity index (χ1) is 17.5. The zero-order valence-electron chi connectivity index (χ0n) is 21.3. The normalized spacial score (nSPS) is 20.7. The number of methoxy groups -OCH3 is 1. The number of ether oxygens (including phenoxy) is 1. The van der Waals surface area contributed by atoms with Crippen LogP contribution in [-0.4, -0.2) is 45.2 Å². The fourth-order valence-corrected chi connectivity index (χ4v) is 5.94. The number of carboxylic acid groups (broad SMARTS) is 1. The smallest absolute Gasteiger partial charge is 0.341 e. The molecule has 5 rings (SSSR count). The molecule has 2 N–H and O–H groups in total. The number of hydrogen-bond donors (Lipinski definition) is 2. The highest BCUT2D eigenvalue weighted by Gasteiger charge is 2.45. The second-order valence-corrected chi connectivity index (χ2v) is 10.8. The third-order valence-electron chi connectivity index (χ3n) is 7.76. The van der Waals surface area contributed by atoms with Crippen LogP contribution in [0.15, 0.2) is 30.5 Å². The standard InChI is InChI=1S/C28H30F3N3O3/c1-15-11-18(5-6-19(15)29)34-20-12-17-13-32-33-24(17)23(30)22(20)21(25(34)27(2,3)14-37-4)16-7-9-28(31,10-8-16)26(35)36/h5-6,11-13,16H,7-10,14H2,1-4H3,(H,32,33)(H,35,36). The lowest BCUT2D eigenvalue weighted by Gasteiger charge is -2.34. The number of carbonyl (C=O) groups is 1. The molecule has 0 saturated heterocycles. The molecule has 9 heteroatoms. The Morgan fingerprint density at radius 3 is 2.59 bits per heavy atom. The molecule has 37 heavy (non-hydrogen) atoms. The van der Waals surface area contributed by atoms with Crippen LogP contribution in [0.2, 0.25) is 0 Å². The number of aromatic nitrogens is 3. The number of rotatable bonds is 6. The molecule has 0 aliphatic heterocycles. The molecule has 0 unspecified atom stereocenters. The Labute approximate surface area is 212 Å². The van der Waals surface area contributed by atoms with Gasteiger partial charge in [-0.15, -0.1) is 0 Å². The van der Waals surface area contributed by atoms with E-state index in [2.05, 4.69) is 10.2 Å². The third-order valence-corrected chi connectivity index (χ3v) is 7.76. The van der Waals surface area contributed by atoms with Gasteiger partial charge in [-0.05, 0) is 73.9 Å². The first kappa shape index (κ1) is 25.3. The van der Waals surface area contributed by atoms with Gasteiger partial charge in [-0.3, -0.25) is 5.10 Å². The zero-order chi connectivity index (χ0) is 26.7. The van der Waals surface area contributed by atoms with Crippen LogP contribution < -0.4 is 0 Å². The summed E-state index contributed by atoms with van der Waals surface area (Å²) in [5.74, 6) is -2.56. The Morgan fingerprint density at radius 1 is 1.27 bits per heavy atom. The summed E-state index contributed by atoms with van der Waals surface area (Å²) in [5.41, 5.74) is 0.531. The minimum Gasteiger partial charge on any atom is -0.479 e. The molecule has 1 saturated carbocycles. The van der Waals surface area contributed by atoms with E-state index in [0.717, 1.165) is 5.69 Å². The van der Waals surface area contributed by atoms with Crippen molar-refractivity contribution in [2.24, 2.45) is 0 Å². The van der Waals surface area contributed by atoms with E-state index in [9.17, 15) is 14.3 Å². The van der Waals surface area contributed by atoms with E-state index in [0.29, 0.717) is 39.7 Å². The van der Waals surface area contributed by atoms with Crippen molar-refractivity contribution in [1.82, 2.24) is 14.8 Å². The van der Waals surface area contributed by atoms with Crippen LogP contribution in [0.1, 0.15) is 62.3 Å². The van der Waals surface area contributed by atoms with Crippen molar-refractivity contribution >= 4 is 27.8 Å². The number of carboxylic acids is 1. The van der Waals surface area contributed by atoms with Crippen LogP contribution >= 0.6 is 0 Å². The molecule has 196 valence electrons. The summed E-state index contributed by atoms with van der Waals surface area (Å²) in [5, 5.41) is 17.1. The molecule has 1 fully saturated rings. The molecule has 0 radical (unpaired) electrons. The van der Waals surface area contributed by atoms with Crippen molar-refractivity contribution in [3.8, 4) is 5.69 Å². The molecule has 0 atom stereocenters. The van der Waals surface area contributed by atoms with Crippen molar-refractivity contribution < 1.29 is 27.8 Å². The summed E-state index contributed by atoms with van der Waals surface area (Å²) in [4.78, 5) is 11.6. The fourth-order valence-electron chi connectivity index (χ4n) is 5.94. The van der Waals surface area contributed by atoms with Gasteiger partial charge in [0.05, 0.1) is 18.3 Å². The summed E-state index contributed by atoms with van der Waals surface area (Å²) in [7, 11) is 1.59. The van der Waals surface area contributed by atoms with E-state index < -0.39 is 22.9 Å². The first-order valence-electron chi connectivity index (χ1n) is 12.4. The summed E-state index contributed by atoms with van der Waals surface area (Å²) < 4.78 is 53.1. The van der Waals surface area contributed by atoms with E-state index in [-0.39, 0.29) is 42.9 Å². The molecule has 1 aliphatic rings. The molecule has 0 amide bonds. The summed E-state index contributed by atoms with van der Waals surface area (Å²) >= 11 is 0. The molecule has 2 aromatic carbocycles. The molecule has 0 spiro atoms. The van der Waals surface area contributed by atoms with Crippen molar-refractivity contribution in [2.45, 2.75) is 63.5 Å². The lowest BCUT2D eigenvalue weighted by atomic mass is 9.73. The molecule has 4 aromatic rings. The number of aromatic amines is 1. The minimum atomic E-state index is -2.29. The van der Waals surface area contributed by atoms with Crippen molar-refractivity contribution in [3.63, 3.8) is 0 Å². The van der Waals surface area contributed by atoms with Crippen LogP contribution in [-0.2, 0) is 14.9 Å². The maximum absolute atomic E-state index is 16.3. The average Bonchev–Trinajstić information content (AvgIpc) is 3.45. The molecule has 2 heterocycles. The number of alkyl halides is 1. The fraction of sp³-hybridized carbons (Fsp3) is 0.429. The number of aryl methyl sites for hydroxylation is 1. The van der Waals surface area contributed by atoms with Gasteiger partial charge in [0.1, 0.15) is 11.3 Å². The van der Waals surface area contributed by atoms with E-state index in [1.165, 1.54) is 6.07 Å². The van der Waals surface area contributed by atoms with Crippen LogP contribution in [0.25, 0.3) is 27.5 Å². The maximum atomic E-state index is 16.3. The number of halogens is 3. The van der Waals surface area contributed by atoms with Gasteiger partial charge in [0.15, 0.2) is 5.82 Å². The predicted molar refractivity (Wildman–Crippen MR) is 135 cm³/mol. The summed E-state index contributed by atoms with van der Waals surface area (Å²) in [6.07, 6.45) is 1.73. The third kappa shape index (κ3) is 4.00. The van der Waals surface area contributed by atoms with Crippen molar-refractivity contribution in [3.05, 3.63) is 58.9 Å². The van der Waals surface area contributed by atoms with Gasteiger partial charge in [0.2, 0.25) is 5.67 Å². The quantitative estimate of drug-likeness (QED) is 0.310. The molecular weight excluding hydrogens is 483 g/mol. The number of hydrogen-bond acceptors (Lipinski definition) is 3. The van der Waals surface area contributed by atoms with Crippen LogP contribution in [0.4, 0.5) is 13.2 Å². The summed E-state index contributed by atoms with van der Waals surface area (Å²) in [6, 6.07) is 6.62. The van der Waals surface area contributed by atoms with Gasteiger partial charge in [0, 0.05) is 34.7 Å². The number of nitrogens with one attached hydrogen (secondary N) is 1. The van der Waals surface area contributed by atoms with Crippen molar-refractivity contribution in [2.75, 3.05) is 13.7 Å². The number of aliphatic carboxylic acids is 1. The largest absolute Gasteiger partial charge is 0.479 e. The van der Waals surface area contributed by atoms with Gasteiger partial charge in [-0.1, -0.05) is 13.8 Å². The van der Waals surface area contributed by atoms with Gasteiger partial charge in [-0.2, -0.15) is 5.10 Å². The number of benzene rings is 2. The van der Waals surface area contributed by atoms with Gasteiger partial charge in [-0.25, -0.2) is 18.0 Å². The van der Waals surface area contributed by atoms with E-state index in [1.807, 2.05) is 24.5 Å². The molecule has 1 aliphatic carbocycles. The topological polar surface area (TPSA) is 80.1 Å². The Bertz CT molecular complexity index is 1510. The number of nitrogens with zero attached hydrogens (tertiary/aromatic N) is 2. The lowest BCUT2D eigenvalue weighted by molar-refractivity contribution is -0.153. The highest BCUT2D eigenvalue weighted by molar-refractivity contribution is 6.00. The van der Waals surface area contributed by atoms with E-state index in [1.54, 1.807) is 32.4 Å². The average molecular weight is 514 g/mol. The second kappa shape index (κ2) is 8.90. The Morgan fingerprint density at radius 2 is 1.97 bits per heavy atom. The first-order valence-corrected chi connectivity index (χ1v) is 12.4. The number of fused-ring (bicyclic) bond motifs is 2. The monoisotopic (exact) mass is 513 g/mol. The van der Waals surface area contributed by atoms with Crippen LogP contribution in [0.3, 0.4) is 0 Å². The SMILES string of the molecule is COCC(C)(C)c1c(C2CCC(F)(C(=O)O)CC2)c2c(F)c3[nH]ncc3cc2n1-c1ccc(F)c(C)c1. The Balaban J connectivity index is 1.87. The highest BCUT2D eigenvalue weighted by atomic mass is 19.1. The molecular formula is C28H30F3N3O3. The van der Waals surface area contributed by atoms with Gasteiger partial charge >= 0.3 is 5.97 Å². The van der Waals surface area contributed by atoms with Crippen LogP contribution in [0, 0.1) is 18.6 Å². The zero-order valence-corrected chi connectivity index (χ0v) is 21.3. The number of H-pyrrole nitrogens is 1. The second-order valence-electron chi connectivity index (χ2n) is 10.8. The molecule has 2 aromatic heterocycles. The Kier molecular flexibility index (Phi) is 6.09. The lowest BCUT2D eigenvalue weighted by Crippen LogP contribution is -2.38. The molecule has 0 bridgehead atoms.